The lowest BCUT2D eigenvalue weighted by Gasteiger charge is -2.21. The van der Waals surface area contributed by atoms with Crippen LogP contribution in [0.1, 0.15) is 66.0 Å². The number of nitrogens with one attached hydrogen (secondary N) is 4. The minimum absolute atomic E-state index is 0.0133. The average Bonchev–Trinajstić information content (AvgIpc) is 3.91. The van der Waals surface area contributed by atoms with E-state index < -0.39 is 23.7 Å². The van der Waals surface area contributed by atoms with Crippen LogP contribution in [0.2, 0.25) is 5.02 Å². The molecule has 1 aliphatic carbocycles. The molecule has 3 aromatic heterocycles. The van der Waals surface area contributed by atoms with Gasteiger partial charge in [-0.05, 0) is 55.0 Å². The van der Waals surface area contributed by atoms with E-state index >= 15 is 0 Å². The first-order valence-electron chi connectivity index (χ1n) is 18.1. The molecule has 0 saturated carbocycles. The first kappa shape index (κ1) is 38.3. The fourth-order valence-corrected chi connectivity index (χ4v) is 7.71. The van der Waals surface area contributed by atoms with Gasteiger partial charge < -0.3 is 35.5 Å². The maximum Gasteiger partial charge on any atom is 0.421 e. The number of alkyl halides is 3. The summed E-state index contributed by atoms with van der Waals surface area (Å²) in [5.41, 5.74) is 4.09. The minimum atomic E-state index is -4.75. The lowest BCUT2D eigenvalue weighted by molar-refractivity contribution is -0.139. The molecule has 2 aliphatic heterocycles. The molecule has 1 aromatic carbocycles. The molecule has 3 aliphatic rings. The van der Waals surface area contributed by atoms with Crippen molar-refractivity contribution in [1.29, 1.82) is 0 Å². The highest BCUT2D eigenvalue weighted by molar-refractivity contribution is 6.35. The summed E-state index contributed by atoms with van der Waals surface area (Å²) in [6, 6.07) is 12.1. The number of amides is 2. The zero-order chi connectivity index (χ0) is 38.7. The van der Waals surface area contributed by atoms with Gasteiger partial charge in [0.1, 0.15) is 11.7 Å². The molecule has 2 fully saturated rings. The fraction of sp³-hybridized carbons (Fsp3) is 0.410. The van der Waals surface area contributed by atoms with Crippen LogP contribution in [-0.4, -0.2) is 66.2 Å². The Bertz CT molecular complexity index is 2080. The Morgan fingerprint density at radius 1 is 0.818 bits per heavy atom. The van der Waals surface area contributed by atoms with Crippen molar-refractivity contribution in [2.45, 2.75) is 76.0 Å². The van der Waals surface area contributed by atoms with Gasteiger partial charge in [0.25, 0.3) is 0 Å². The van der Waals surface area contributed by atoms with E-state index in [0.717, 1.165) is 29.2 Å². The number of fused-ring (bicyclic) bond motifs is 1. The van der Waals surface area contributed by atoms with Crippen molar-refractivity contribution < 1.29 is 37.0 Å². The van der Waals surface area contributed by atoms with Gasteiger partial charge in [-0.1, -0.05) is 35.9 Å². The highest BCUT2D eigenvalue weighted by Crippen LogP contribution is 2.45. The predicted molar refractivity (Wildman–Crippen MR) is 198 cm³/mol. The maximum atomic E-state index is 14.5. The molecule has 0 spiro atoms. The third-order valence-corrected chi connectivity index (χ3v) is 10.5. The number of halogens is 4. The monoisotopic (exact) mass is 779 g/mol. The Labute approximate surface area is 320 Å². The van der Waals surface area contributed by atoms with Crippen molar-refractivity contribution in [3.05, 3.63) is 81.5 Å². The highest BCUT2D eigenvalue weighted by atomic mass is 35.5. The van der Waals surface area contributed by atoms with Gasteiger partial charge in [-0.25, -0.2) is 4.98 Å². The normalized spacial score (nSPS) is 19.3. The quantitative estimate of drug-likeness (QED) is 0.126. The van der Waals surface area contributed by atoms with E-state index in [1.807, 2.05) is 24.3 Å². The Kier molecular flexibility index (Phi) is 11.4. The van der Waals surface area contributed by atoms with Gasteiger partial charge in [-0.3, -0.25) is 14.6 Å². The fourth-order valence-electron chi connectivity index (χ4n) is 7.40. The summed E-state index contributed by atoms with van der Waals surface area (Å²) in [7, 11) is 2.90. The number of carbonyl (C=O) groups excluding carboxylic acids is 2. The number of ether oxygens (including phenoxy) is 3. The first-order valence-corrected chi connectivity index (χ1v) is 18.5. The third-order valence-electron chi connectivity index (χ3n) is 10.1. The molecule has 12 nitrogen and oxygen atoms in total. The largest absolute Gasteiger partial charge is 0.481 e. The van der Waals surface area contributed by atoms with Crippen LogP contribution >= 0.6 is 11.6 Å². The number of carbonyl (C=O) groups is 2. The molecule has 7 rings (SSSR count). The third kappa shape index (κ3) is 8.48. The van der Waals surface area contributed by atoms with Gasteiger partial charge >= 0.3 is 6.18 Å². The van der Waals surface area contributed by atoms with Gasteiger partial charge in [0.15, 0.2) is 0 Å². The van der Waals surface area contributed by atoms with Crippen molar-refractivity contribution >= 4 is 23.4 Å². The summed E-state index contributed by atoms with van der Waals surface area (Å²) in [6.07, 6.45) is -0.494. The summed E-state index contributed by atoms with van der Waals surface area (Å²) < 4.78 is 60.5. The van der Waals surface area contributed by atoms with Crippen molar-refractivity contribution in [3.63, 3.8) is 0 Å². The van der Waals surface area contributed by atoms with Gasteiger partial charge in [0.05, 0.1) is 30.6 Å². The summed E-state index contributed by atoms with van der Waals surface area (Å²) in [6.45, 7) is 1.58. The molecule has 2 saturated heterocycles. The minimum Gasteiger partial charge on any atom is -0.481 e. The van der Waals surface area contributed by atoms with Gasteiger partial charge in [0, 0.05) is 79.6 Å². The average molecular weight is 780 g/mol. The van der Waals surface area contributed by atoms with Gasteiger partial charge in [-0.15, -0.1) is 0 Å². The lowest BCUT2D eigenvalue weighted by Crippen LogP contribution is -2.35. The van der Waals surface area contributed by atoms with Crippen LogP contribution < -0.4 is 35.5 Å². The Morgan fingerprint density at radius 2 is 1.49 bits per heavy atom. The smallest absolute Gasteiger partial charge is 0.421 e. The topological polar surface area (TPSA) is 149 Å². The first-order chi connectivity index (χ1) is 26.5. The number of hydrogen-bond acceptors (Lipinski definition) is 10. The lowest BCUT2D eigenvalue weighted by atomic mass is 9.98. The molecule has 0 radical (unpaired) electrons. The van der Waals surface area contributed by atoms with Crippen LogP contribution in [0.5, 0.6) is 17.6 Å². The van der Waals surface area contributed by atoms with Crippen LogP contribution in [0.15, 0.2) is 48.7 Å². The van der Waals surface area contributed by atoms with Crippen LogP contribution in [-0.2, 0) is 35.3 Å². The summed E-state index contributed by atoms with van der Waals surface area (Å²) >= 11 is 7.05. The van der Waals surface area contributed by atoms with E-state index in [2.05, 4.69) is 31.2 Å². The molecule has 0 unspecified atom stereocenters. The summed E-state index contributed by atoms with van der Waals surface area (Å²) in [5.74, 6) is -0.0998. The zero-order valence-corrected chi connectivity index (χ0v) is 31.1. The molecule has 2 amide bonds. The van der Waals surface area contributed by atoms with Gasteiger partial charge in [-0.2, -0.15) is 18.2 Å². The zero-order valence-electron chi connectivity index (χ0n) is 30.3. The highest BCUT2D eigenvalue weighted by Gasteiger charge is 2.39. The van der Waals surface area contributed by atoms with Crippen molar-refractivity contribution in [3.8, 4) is 40.2 Å². The molecule has 3 atom stereocenters. The van der Waals surface area contributed by atoms with Gasteiger partial charge in [0.2, 0.25) is 29.5 Å². The van der Waals surface area contributed by atoms with Crippen LogP contribution in [0.4, 0.5) is 13.2 Å². The van der Waals surface area contributed by atoms with Crippen molar-refractivity contribution in [2.75, 3.05) is 27.3 Å². The second-order valence-corrected chi connectivity index (χ2v) is 14.2. The molecule has 4 aromatic rings. The van der Waals surface area contributed by atoms with E-state index in [1.54, 1.807) is 25.4 Å². The number of pyridine rings is 3. The number of aromatic nitrogens is 3. The number of methoxy groups -OCH3 is 2. The van der Waals surface area contributed by atoms with E-state index in [4.69, 9.17) is 30.8 Å². The van der Waals surface area contributed by atoms with Crippen molar-refractivity contribution in [1.82, 2.24) is 36.2 Å². The van der Waals surface area contributed by atoms with Crippen LogP contribution in [0.25, 0.3) is 22.5 Å². The molecule has 16 heteroatoms. The van der Waals surface area contributed by atoms with Crippen molar-refractivity contribution in [2.24, 2.45) is 0 Å². The molecular weight excluding hydrogens is 739 g/mol. The molecule has 55 heavy (non-hydrogen) atoms. The number of rotatable bonds is 14. The SMILES string of the molecule is COc1nc(-c2ccnc(-c3cccc4c3CC[C@@H]4Oc3nc(OC)c(CNC[C@H]4CCC(=O)N4)cc3C(F)(F)F)c2Cl)ccc1CNC[C@@H]1CCC(=O)N1. The molecule has 5 heterocycles. The van der Waals surface area contributed by atoms with E-state index in [9.17, 15) is 22.8 Å². The maximum absolute atomic E-state index is 14.5. The van der Waals surface area contributed by atoms with E-state index in [-0.39, 0.29) is 41.9 Å². The second-order valence-electron chi connectivity index (χ2n) is 13.8. The molecule has 0 bridgehead atoms. The van der Waals surface area contributed by atoms with E-state index in [1.165, 1.54) is 7.11 Å². The Morgan fingerprint density at radius 3 is 2.13 bits per heavy atom. The van der Waals surface area contributed by atoms with E-state index in [0.29, 0.717) is 85.2 Å². The Hall–Kier alpha value is -4.99. The van der Waals surface area contributed by atoms with Crippen LogP contribution in [0, 0.1) is 0 Å². The molecule has 4 N–H and O–H groups in total. The number of benzene rings is 1. The summed E-state index contributed by atoms with van der Waals surface area (Å²) in [4.78, 5) is 36.6. The number of hydrogen-bond donors (Lipinski definition) is 4. The number of nitrogens with zero attached hydrogens (tertiary/aromatic N) is 3. The molecule has 290 valence electrons. The van der Waals surface area contributed by atoms with Crippen LogP contribution in [0.3, 0.4) is 0 Å². The Balaban J connectivity index is 1.10. The molecular formula is C39H41ClF3N7O5. The summed E-state index contributed by atoms with van der Waals surface area (Å²) in [5, 5.41) is 12.6. The second kappa shape index (κ2) is 16.4. The standard InChI is InChI=1S/C39H41ClF3N7O5/c1-53-36-21(17-44-19-23-7-12-32(51)47-23)6-10-30(49-36)28-14-15-46-35(34(28)40)27-5-3-4-26-25(27)9-11-31(26)55-38-29(39(41,42)43)16-22(37(50-38)54-2)18-45-20-24-8-13-33(52)48-24/h3-6,10,14-16,23-24,31,44-45H,7-9,11-13,17-20H2,1-2H3,(H,47,51)(H,48,52)/t23-,24+,31-/m0/s1. The predicted octanol–water partition coefficient (Wildman–Crippen LogP) is 5.70.